The molecule has 0 radical (unpaired) electrons. The summed E-state index contributed by atoms with van der Waals surface area (Å²) in [5, 5.41) is 14.4. The number of aromatic hydroxyl groups is 1. The lowest BCUT2D eigenvalue weighted by Gasteiger charge is -2.49. The van der Waals surface area contributed by atoms with Crippen molar-refractivity contribution in [2.45, 2.75) is 69.1 Å². The van der Waals surface area contributed by atoms with Crippen LogP contribution in [-0.4, -0.2) is 75.9 Å². The van der Waals surface area contributed by atoms with Crippen molar-refractivity contribution in [3.63, 3.8) is 0 Å². The number of carbonyl (C=O) groups excluding carboxylic acids is 1. The van der Waals surface area contributed by atoms with E-state index in [-0.39, 0.29) is 58.5 Å². The molecular formula is C35H35F4N5O3. The van der Waals surface area contributed by atoms with Crippen LogP contribution in [0.15, 0.2) is 30.3 Å². The van der Waals surface area contributed by atoms with Gasteiger partial charge in [0.1, 0.15) is 41.5 Å². The zero-order valence-corrected chi connectivity index (χ0v) is 26.0. The fraction of sp³-hybridized carbons (Fsp3) is 0.457. The zero-order valence-electron chi connectivity index (χ0n) is 26.0. The molecule has 3 aromatic carbocycles. The number of alkyl halides is 1. The minimum atomic E-state index is -0.999. The van der Waals surface area contributed by atoms with Crippen molar-refractivity contribution in [2.24, 2.45) is 0 Å². The van der Waals surface area contributed by atoms with Crippen LogP contribution in [0.1, 0.15) is 51.0 Å². The summed E-state index contributed by atoms with van der Waals surface area (Å²) >= 11 is 0. The van der Waals surface area contributed by atoms with Crippen molar-refractivity contribution in [2.75, 3.05) is 37.7 Å². The van der Waals surface area contributed by atoms with Gasteiger partial charge in [-0.25, -0.2) is 17.6 Å². The monoisotopic (exact) mass is 649 g/mol. The first-order valence-electron chi connectivity index (χ1n) is 16.3. The average molecular weight is 650 g/mol. The Morgan fingerprint density at radius 1 is 1.09 bits per heavy atom. The second kappa shape index (κ2) is 10.9. The third-order valence-electron chi connectivity index (χ3n) is 10.6. The molecule has 8 rings (SSSR count). The van der Waals surface area contributed by atoms with Gasteiger partial charge in [0.25, 0.3) is 0 Å². The molecule has 246 valence electrons. The van der Waals surface area contributed by atoms with E-state index in [9.17, 15) is 18.7 Å². The van der Waals surface area contributed by atoms with Crippen LogP contribution < -0.4 is 15.0 Å². The number of halogens is 4. The number of hydrogen-bond donors (Lipinski definition) is 2. The number of carbonyl (C=O) groups is 1. The van der Waals surface area contributed by atoms with E-state index < -0.39 is 40.3 Å². The second-order valence-electron chi connectivity index (χ2n) is 13.6. The number of nitrogens with one attached hydrogen (secondary N) is 1. The highest BCUT2D eigenvalue weighted by Gasteiger charge is 2.50. The van der Waals surface area contributed by atoms with Gasteiger partial charge in [-0.2, -0.15) is 9.97 Å². The summed E-state index contributed by atoms with van der Waals surface area (Å²) < 4.78 is 68.9. The predicted molar refractivity (Wildman–Crippen MR) is 169 cm³/mol. The highest BCUT2D eigenvalue weighted by molar-refractivity contribution is 6.03. The Labute approximate surface area is 268 Å². The zero-order chi connectivity index (χ0) is 32.7. The number of benzene rings is 3. The highest BCUT2D eigenvalue weighted by Crippen LogP contribution is 2.44. The number of amides is 1. The van der Waals surface area contributed by atoms with Crippen LogP contribution in [0.3, 0.4) is 0 Å². The number of rotatable bonds is 6. The number of aryl methyl sites for hydroxylation is 1. The summed E-state index contributed by atoms with van der Waals surface area (Å²) in [5.74, 6) is -2.44. The quantitative estimate of drug-likeness (QED) is 0.197. The lowest BCUT2D eigenvalue weighted by molar-refractivity contribution is -0.133. The van der Waals surface area contributed by atoms with Crippen molar-refractivity contribution in [1.82, 2.24) is 20.2 Å². The number of fused-ring (bicyclic) bond motifs is 3. The van der Waals surface area contributed by atoms with Gasteiger partial charge in [-0.05, 0) is 84.8 Å². The van der Waals surface area contributed by atoms with Gasteiger partial charge in [-0.3, -0.25) is 9.69 Å². The number of phenols is 1. The van der Waals surface area contributed by atoms with Gasteiger partial charge < -0.3 is 20.1 Å². The van der Waals surface area contributed by atoms with E-state index in [0.29, 0.717) is 43.2 Å². The first-order chi connectivity index (χ1) is 22.6. The van der Waals surface area contributed by atoms with Gasteiger partial charge in [0, 0.05) is 31.4 Å². The Bertz CT molecular complexity index is 1950. The number of piperidine rings is 1. The summed E-state index contributed by atoms with van der Waals surface area (Å²) in [6.07, 6.45) is 3.14. The Kier molecular flexibility index (Phi) is 7.02. The number of nitrogens with zero attached hydrogens (tertiary/aromatic N) is 4. The lowest BCUT2D eigenvalue weighted by atomic mass is 9.79. The van der Waals surface area contributed by atoms with Crippen LogP contribution in [0.2, 0.25) is 0 Å². The molecule has 1 spiro atoms. The minimum absolute atomic E-state index is 0.00501. The van der Waals surface area contributed by atoms with Gasteiger partial charge in [-0.1, -0.05) is 13.0 Å². The fourth-order valence-electron chi connectivity index (χ4n) is 8.55. The number of phenolic OH excluding ortho intramolecular Hbond substituents is 1. The molecule has 4 aromatic rings. The minimum Gasteiger partial charge on any atom is -0.508 e. The molecule has 1 unspecified atom stereocenters. The maximum absolute atomic E-state index is 16.9. The molecule has 4 aliphatic rings. The molecule has 1 aromatic heterocycles. The third kappa shape index (κ3) is 4.86. The van der Waals surface area contributed by atoms with Gasteiger partial charge in [0.05, 0.1) is 23.1 Å². The van der Waals surface area contributed by atoms with Gasteiger partial charge >= 0.3 is 6.01 Å². The standard InChI is InChI=1S/C35H35F4N5O3/c1-2-22-25(37)6-5-19-11-21(45)12-23(28(19)22)29-26(38)13-24-31(30(29)39)40-33(47-18-35-8-4-10-44(35)16-20(36)14-35)41-32(24)43-9-3-7-34(17-43)15-27(46)42-34/h5-6,11-13,20,45H,2-4,7-10,14-18H2,1H3,(H,42,46)/t20-,34?,35+/m1/s1. The molecule has 4 saturated heterocycles. The molecule has 4 fully saturated rings. The SMILES string of the molecule is CCc1c(F)ccc2cc(O)cc(-c3c(F)cc4c(N5CCCC6(CC(=O)N6)C5)nc(OC[C@@]56CCCN5C[C@H](F)C6)nc4c3F)c12. The maximum Gasteiger partial charge on any atom is 0.319 e. The smallest absolute Gasteiger partial charge is 0.319 e. The van der Waals surface area contributed by atoms with Crippen LogP contribution in [-0.2, 0) is 11.2 Å². The first-order valence-corrected chi connectivity index (χ1v) is 16.3. The van der Waals surface area contributed by atoms with Crippen molar-refractivity contribution in [3.05, 3.63) is 53.3 Å². The van der Waals surface area contributed by atoms with E-state index in [0.717, 1.165) is 32.2 Å². The van der Waals surface area contributed by atoms with Crippen molar-refractivity contribution >= 4 is 33.4 Å². The number of β-lactam (4-membered cyclic amide) rings is 1. The van der Waals surface area contributed by atoms with Crippen molar-refractivity contribution in [3.8, 4) is 22.9 Å². The molecule has 0 bridgehead atoms. The maximum atomic E-state index is 16.9. The Balaban J connectivity index is 1.29. The largest absolute Gasteiger partial charge is 0.508 e. The summed E-state index contributed by atoms with van der Waals surface area (Å²) in [6, 6.07) is 6.47. The molecule has 0 aliphatic carbocycles. The average Bonchev–Trinajstić information content (AvgIpc) is 3.55. The van der Waals surface area contributed by atoms with Crippen molar-refractivity contribution in [1.29, 1.82) is 0 Å². The van der Waals surface area contributed by atoms with Crippen LogP contribution >= 0.6 is 0 Å². The second-order valence-corrected chi connectivity index (χ2v) is 13.6. The molecular weight excluding hydrogens is 614 g/mol. The number of anilines is 1. The molecule has 4 aliphatic heterocycles. The van der Waals surface area contributed by atoms with Crippen LogP contribution in [0.25, 0.3) is 32.8 Å². The first kappa shape index (κ1) is 30.2. The molecule has 12 heteroatoms. The molecule has 8 nitrogen and oxygen atoms in total. The van der Waals surface area contributed by atoms with Crippen molar-refractivity contribution < 1.29 is 32.2 Å². The third-order valence-corrected chi connectivity index (χ3v) is 10.6. The summed E-state index contributed by atoms with van der Waals surface area (Å²) in [6.45, 7) is 3.90. The molecule has 1 amide bonds. The Morgan fingerprint density at radius 2 is 1.89 bits per heavy atom. The summed E-state index contributed by atoms with van der Waals surface area (Å²) in [5.41, 5.74) is -1.32. The summed E-state index contributed by atoms with van der Waals surface area (Å²) in [4.78, 5) is 25.1. The van der Waals surface area contributed by atoms with Gasteiger partial charge in [0.15, 0.2) is 5.82 Å². The van der Waals surface area contributed by atoms with E-state index in [1.54, 1.807) is 6.92 Å². The van der Waals surface area contributed by atoms with Crippen LogP contribution in [0, 0.1) is 17.5 Å². The topological polar surface area (TPSA) is 90.8 Å². The lowest BCUT2D eigenvalue weighted by Crippen LogP contribution is -2.68. The van der Waals surface area contributed by atoms with E-state index >= 15 is 8.78 Å². The van der Waals surface area contributed by atoms with E-state index in [1.807, 2.05) is 4.90 Å². The number of hydrogen-bond acceptors (Lipinski definition) is 7. The van der Waals surface area contributed by atoms with E-state index in [4.69, 9.17) is 9.72 Å². The van der Waals surface area contributed by atoms with E-state index in [1.165, 1.54) is 30.3 Å². The van der Waals surface area contributed by atoms with Crippen LogP contribution in [0.4, 0.5) is 23.4 Å². The molecule has 2 N–H and O–H groups in total. The highest BCUT2D eigenvalue weighted by atomic mass is 19.1. The normalized spacial score (nSPS) is 25.9. The Hall–Kier alpha value is -4.19. The molecule has 0 saturated carbocycles. The summed E-state index contributed by atoms with van der Waals surface area (Å²) in [7, 11) is 0. The molecule has 3 atom stereocenters. The number of aromatic nitrogens is 2. The molecule has 47 heavy (non-hydrogen) atoms. The number of ether oxygens (including phenoxy) is 1. The van der Waals surface area contributed by atoms with Crippen LogP contribution in [0.5, 0.6) is 11.8 Å². The van der Waals surface area contributed by atoms with E-state index in [2.05, 4.69) is 15.2 Å². The Morgan fingerprint density at radius 3 is 2.68 bits per heavy atom. The van der Waals surface area contributed by atoms with Gasteiger partial charge in [0.2, 0.25) is 5.91 Å². The fourth-order valence-corrected chi connectivity index (χ4v) is 8.55. The van der Waals surface area contributed by atoms with Gasteiger partial charge in [-0.15, -0.1) is 0 Å². The predicted octanol–water partition coefficient (Wildman–Crippen LogP) is 5.95. The molecule has 5 heterocycles.